The monoisotopic (exact) mass is 207 g/mol. The lowest BCUT2D eigenvalue weighted by molar-refractivity contribution is 0.411. The molecule has 0 aliphatic carbocycles. The fraction of sp³-hybridized carbons (Fsp3) is 0.375. The van der Waals surface area contributed by atoms with Crippen LogP contribution in [0.1, 0.15) is 11.3 Å². The van der Waals surface area contributed by atoms with Crippen molar-refractivity contribution in [3.63, 3.8) is 0 Å². The zero-order chi connectivity index (χ0) is 8.43. The quantitative estimate of drug-likeness (QED) is 0.707. The minimum atomic E-state index is 0. The summed E-state index contributed by atoms with van der Waals surface area (Å²) in [5.41, 5.74) is 1.76. The Morgan fingerprint density at radius 3 is 2.42 bits per heavy atom. The Balaban J connectivity index is 0.00000121. The Labute approximate surface area is 83.3 Å². The molecule has 0 bridgehead atoms. The molecule has 0 aromatic carbocycles. The smallest absolute Gasteiger partial charge is 0.143 e. The molecule has 0 atom stereocenters. The van der Waals surface area contributed by atoms with Crippen LogP contribution in [0.5, 0.6) is 5.75 Å². The average Bonchev–Trinajstić information content (AvgIpc) is 1.99. The highest BCUT2D eigenvalue weighted by molar-refractivity contribution is 6.32. The van der Waals surface area contributed by atoms with Gasteiger partial charge in [-0.2, -0.15) is 0 Å². The molecule has 68 valence electrons. The number of nitrogens with zero attached hydrogens (tertiary/aromatic N) is 1. The lowest BCUT2D eigenvalue weighted by atomic mass is 10.2. The normalized spacial score (nSPS) is 9.00. The second-order valence-electron chi connectivity index (χ2n) is 2.37. The standard InChI is InChI=1S/C8H10ClNO.ClH/c1-5-4-10-6(2)7(9)8(5)11-3;/h4H,1-3H3;1H. The van der Waals surface area contributed by atoms with Gasteiger partial charge in [0.05, 0.1) is 12.8 Å². The van der Waals surface area contributed by atoms with Crippen molar-refractivity contribution in [3.8, 4) is 5.75 Å². The van der Waals surface area contributed by atoms with Crippen molar-refractivity contribution in [1.29, 1.82) is 0 Å². The minimum Gasteiger partial charge on any atom is -0.495 e. The zero-order valence-electron chi connectivity index (χ0n) is 7.22. The van der Waals surface area contributed by atoms with E-state index >= 15 is 0 Å². The second-order valence-corrected chi connectivity index (χ2v) is 2.75. The fourth-order valence-corrected chi connectivity index (χ4v) is 1.17. The predicted octanol–water partition coefficient (Wildman–Crippen LogP) is 2.78. The summed E-state index contributed by atoms with van der Waals surface area (Å²) < 4.78 is 5.08. The third-order valence-corrected chi connectivity index (χ3v) is 1.98. The molecule has 0 saturated heterocycles. The molecule has 12 heavy (non-hydrogen) atoms. The van der Waals surface area contributed by atoms with Crippen LogP contribution in [-0.2, 0) is 0 Å². The van der Waals surface area contributed by atoms with Gasteiger partial charge in [0.25, 0.3) is 0 Å². The zero-order valence-corrected chi connectivity index (χ0v) is 8.79. The van der Waals surface area contributed by atoms with Gasteiger partial charge in [0.1, 0.15) is 10.8 Å². The van der Waals surface area contributed by atoms with Crippen LogP contribution in [0.25, 0.3) is 0 Å². The highest BCUT2D eigenvalue weighted by Gasteiger charge is 2.06. The van der Waals surface area contributed by atoms with Crippen molar-refractivity contribution < 1.29 is 4.74 Å². The van der Waals surface area contributed by atoms with Crippen LogP contribution in [0.15, 0.2) is 6.20 Å². The van der Waals surface area contributed by atoms with Crippen LogP contribution in [0.4, 0.5) is 0 Å². The maximum absolute atomic E-state index is 5.91. The van der Waals surface area contributed by atoms with Gasteiger partial charge in [-0.3, -0.25) is 4.98 Å². The molecule has 1 rings (SSSR count). The van der Waals surface area contributed by atoms with Crippen molar-refractivity contribution >= 4 is 24.0 Å². The highest BCUT2D eigenvalue weighted by atomic mass is 35.5. The molecule has 1 aromatic heterocycles. The molecular formula is C8H11Cl2NO. The number of hydrogen-bond donors (Lipinski definition) is 0. The summed E-state index contributed by atoms with van der Waals surface area (Å²) in [5.74, 6) is 0.721. The number of ether oxygens (including phenoxy) is 1. The molecule has 4 heteroatoms. The Morgan fingerprint density at radius 2 is 2.00 bits per heavy atom. The van der Waals surface area contributed by atoms with E-state index in [0.717, 1.165) is 17.0 Å². The average molecular weight is 208 g/mol. The van der Waals surface area contributed by atoms with Crippen LogP contribution in [0.3, 0.4) is 0 Å². The largest absolute Gasteiger partial charge is 0.495 e. The fourth-order valence-electron chi connectivity index (χ4n) is 0.897. The summed E-state index contributed by atoms with van der Waals surface area (Å²) in [6.07, 6.45) is 1.75. The first-order valence-electron chi connectivity index (χ1n) is 3.32. The maximum atomic E-state index is 5.91. The van der Waals surface area contributed by atoms with Crippen molar-refractivity contribution in [3.05, 3.63) is 22.5 Å². The van der Waals surface area contributed by atoms with Gasteiger partial charge in [0.15, 0.2) is 0 Å². The summed E-state index contributed by atoms with van der Waals surface area (Å²) in [7, 11) is 1.60. The molecule has 1 aromatic rings. The van der Waals surface area contributed by atoms with E-state index in [1.165, 1.54) is 0 Å². The SMILES string of the molecule is COc1c(C)cnc(C)c1Cl.Cl. The van der Waals surface area contributed by atoms with Gasteiger partial charge in [-0.1, -0.05) is 11.6 Å². The van der Waals surface area contributed by atoms with E-state index in [-0.39, 0.29) is 12.4 Å². The first kappa shape index (κ1) is 11.5. The van der Waals surface area contributed by atoms with Gasteiger partial charge in [-0.15, -0.1) is 12.4 Å². The number of rotatable bonds is 1. The molecule has 0 aliphatic heterocycles. The lowest BCUT2D eigenvalue weighted by Crippen LogP contribution is -1.92. The molecule has 0 unspecified atom stereocenters. The third kappa shape index (κ3) is 2.02. The molecule has 0 aliphatic rings. The van der Waals surface area contributed by atoms with Gasteiger partial charge in [0, 0.05) is 11.8 Å². The Bertz CT molecular complexity index is 276. The molecule has 0 radical (unpaired) electrons. The summed E-state index contributed by atoms with van der Waals surface area (Å²) in [6, 6.07) is 0. The number of methoxy groups -OCH3 is 1. The molecule has 1 heterocycles. The Hall–Kier alpha value is -0.470. The van der Waals surface area contributed by atoms with Gasteiger partial charge >= 0.3 is 0 Å². The second kappa shape index (κ2) is 4.53. The Kier molecular flexibility index (Phi) is 4.35. The number of halogens is 2. The molecule has 0 amide bonds. The first-order chi connectivity index (χ1) is 5.16. The molecule has 0 saturated carbocycles. The summed E-state index contributed by atoms with van der Waals surface area (Å²) >= 11 is 5.91. The predicted molar refractivity (Wildman–Crippen MR) is 52.5 cm³/mol. The van der Waals surface area contributed by atoms with E-state index in [1.54, 1.807) is 13.3 Å². The highest BCUT2D eigenvalue weighted by Crippen LogP contribution is 2.28. The summed E-state index contributed by atoms with van der Waals surface area (Å²) in [4.78, 5) is 4.07. The third-order valence-electron chi connectivity index (χ3n) is 1.53. The van der Waals surface area contributed by atoms with Crippen LogP contribution in [0.2, 0.25) is 5.02 Å². The molecule has 2 nitrogen and oxygen atoms in total. The van der Waals surface area contributed by atoms with Crippen LogP contribution in [0, 0.1) is 13.8 Å². The molecule has 0 N–H and O–H groups in total. The van der Waals surface area contributed by atoms with E-state index < -0.39 is 0 Å². The van der Waals surface area contributed by atoms with E-state index in [0.29, 0.717) is 5.02 Å². The van der Waals surface area contributed by atoms with Gasteiger partial charge < -0.3 is 4.74 Å². The van der Waals surface area contributed by atoms with E-state index in [1.807, 2.05) is 13.8 Å². The van der Waals surface area contributed by atoms with E-state index in [2.05, 4.69) is 4.98 Å². The Morgan fingerprint density at radius 1 is 1.42 bits per heavy atom. The topological polar surface area (TPSA) is 22.1 Å². The number of aromatic nitrogens is 1. The summed E-state index contributed by atoms with van der Waals surface area (Å²) in [6.45, 7) is 3.77. The van der Waals surface area contributed by atoms with Crippen molar-refractivity contribution in [2.24, 2.45) is 0 Å². The minimum absolute atomic E-state index is 0. The van der Waals surface area contributed by atoms with Crippen LogP contribution < -0.4 is 4.74 Å². The molecule has 0 spiro atoms. The first-order valence-corrected chi connectivity index (χ1v) is 3.70. The number of aryl methyl sites for hydroxylation is 2. The van der Waals surface area contributed by atoms with Gasteiger partial charge in [-0.25, -0.2) is 0 Å². The van der Waals surface area contributed by atoms with E-state index in [4.69, 9.17) is 16.3 Å². The van der Waals surface area contributed by atoms with Crippen molar-refractivity contribution in [1.82, 2.24) is 4.98 Å². The number of hydrogen-bond acceptors (Lipinski definition) is 2. The van der Waals surface area contributed by atoms with E-state index in [9.17, 15) is 0 Å². The van der Waals surface area contributed by atoms with Gasteiger partial charge in [0.2, 0.25) is 0 Å². The van der Waals surface area contributed by atoms with Crippen molar-refractivity contribution in [2.45, 2.75) is 13.8 Å². The van der Waals surface area contributed by atoms with Crippen molar-refractivity contribution in [2.75, 3.05) is 7.11 Å². The van der Waals surface area contributed by atoms with Crippen LogP contribution >= 0.6 is 24.0 Å². The number of pyridine rings is 1. The maximum Gasteiger partial charge on any atom is 0.143 e. The molecular weight excluding hydrogens is 197 g/mol. The summed E-state index contributed by atoms with van der Waals surface area (Å²) in [5, 5.41) is 0.604. The van der Waals surface area contributed by atoms with Gasteiger partial charge in [-0.05, 0) is 13.8 Å². The lowest BCUT2D eigenvalue weighted by Gasteiger charge is -2.07. The molecule has 0 fully saturated rings. The van der Waals surface area contributed by atoms with Crippen LogP contribution in [-0.4, -0.2) is 12.1 Å².